The molecule has 25 heavy (non-hydrogen) atoms. The Labute approximate surface area is 139 Å². The van der Waals surface area contributed by atoms with E-state index in [4.69, 9.17) is 0 Å². The number of benzene rings is 3. The van der Waals surface area contributed by atoms with Gasteiger partial charge in [0, 0.05) is 16.4 Å². The Hall–Kier alpha value is -2.70. The van der Waals surface area contributed by atoms with Crippen LogP contribution in [0.3, 0.4) is 0 Å². The van der Waals surface area contributed by atoms with Crippen LogP contribution < -0.4 is 16.4 Å². The molecule has 3 aromatic carbocycles. The van der Waals surface area contributed by atoms with Gasteiger partial charge in [0.1, 0.15) is 34.9 Å². The number of halogens is 6. The minimum absolute atomic E-state index is 0.837. The normalized spacial score (nSPS) is 10.8. The lowest BCUT2D eigenvalue weighted by atomic mass is 9.36. The molecule has 0 fully saturated rings. The first-order chi connectivity index (χ1) is 11.9. The van der Waals surface area contributed by atoms with E-state index in [0.717, 1.165) is 54.6 Å². The second kappa shape index (κ2) is 6.66. The SMILES string of the molecule is Fc1cccc(F)c1B(c1c(F)cccc1F)c1c(F)cccc1F. The highest BCUT2D eigenvalue weighted by Crippen LogP contribution is 2.10. The van der Waals surface area contributed by atoms with Crippen molar-refractivity contribution in [1.82, 2.24) is 0 Å². The summed E-state index contributed by atoms with van der Waals surface area (Å²) in [6, 6.07) is 8.23. The molecule has 0 bridgehead atoms. The fourth-order valence-electron chi connectivity index (χ4n) is 2.79. The zero-order valence-electron chi connectivity index (χ0n) is 12.5. The van der Waals surface area contributed by atoms with E-state index >= 15 is 0 Å². The summed E-state index contributed by atoms with van der Waals surface area (Å²) < 4.78 is 85.6. The van der Waals surface area contributed by atoms with Gasteiger partial charge in [-0.2, -0.15) is 0 Å². The van der Waals surface area contributed by atoms with Crippen molar-refractivity contribution in [2.75, 3.05) is 0 Å². The molecule has 0 heterocycles. The van der Waals surface area contributed by atoms with Crippen molar-refractivity contribution in [1.29, 1.82) is 0 Å². The Balaban J connectivity index is 2.42. The van der Waals surface area contributed by atoms with Gasteiger partial charge in [-0.05, 0) is 36.4 Å². The van der Waals surface area contributed by atoms with Crippen LogP contribution in [0.15, 0.2) is 54.6 Å². The Morgan fingerprint density at radius 3 is 0.800 bits per heavy atom. The van der Waals surface area contributed by atoms with Gasteiger partial charge in [-0.15, -0.1) is 0 Å². The fourth-order valence-corrected chi connectivity index (χ4v) is 2.79. The fraction of sp³-hybridized carbons (Fsp3) is 0. The predicted molar refractivity (Wildman–Crippen MR) is 83.7 cm³/mol. The van der Waals surface area contributed by atoms with E-state index in [0.29, 0.717) is 0 Å². The van der Waals surface area contributed by atoms with E-state index in [9.17, 15) is 26.3 Å². The molecule has 0 aliphatic carbocycles. The third-order valence-corrected chi connectivity index (χ3v) is 3.87. The van der Waals surface area contributed by atoms with Crippen LogP contribution in [0.1, 0.15) is 0 Å². The van der Waals surface area contributed by atoms with Gasteiger partial charge < -0.3 is 0 Å². The molecule has 0 nitrogen and oxygen atoms in total. The topological polar surface area (TPSA) is 0 Å². The molecule has 0 radical (unpaired) electrons. The molecule has 7 heteroatoms. The predicted octanol–water partition coefficient (Wildman–Crippen LogP) is 3.04. The Morgan fingerprint density at radius 1 is 0.400 bits per heavy atom. The van der Waals surface area contributed by atoms with E-state index in [1.165, 1.54) is 0 Å². The molecule has 0 amide bonds. The molecule has 0 spiro atoms. The minimum Gasteiger partial charge on any atom is -0.207 e. The first-order valence-electron chi connectivity index (χ1n) is 7.23. The van der Waals surface area contributed by atoms with Crippen LogP contribution in [-0.4, -0.2) is 6.71 Å². The summed E-state index contributed by atoms with van der Waals surface area (Å²) in [6.07, 6.45) is 0. The lowest BCUT2D eigenvalue weighted by molar-refractivity contribution is 0.588. The van der Waals surface area contributed by atoms with E-state index in [1.54, 1.807) is 0 Å². The van der Waals surface area contributed by atoms with Gasteiger partial charge in [-0.1, -0.05) is 18.2 Å². The van der Waals surface area contributed by atoms with E-state index in [-0.39, 0.29) is 0 Å². The van der Waals surface area contributed by atoms with Gasteiger partial charge in [0.25, 0.3) is 6.71 Å². The molecule has 0 N–H and O–H groups in total. The second-order valence-corrected chi connectivity index (χ2v) is 5.34. The van der Waals surface area contributed by atoms with Gasteiger partial charge in [0.05, 0.1) is 0 Å². The first kappa shape index (κ1) is 17.1. The standard InChI is InChI=1S/C18H9BF6/c20-10-4-1-5-11(21)16(10)19(17-12(22)6-2-7-13(17)23)18-14(24)8-3-9-15(18)25/h1-9H. The maximum absolute atomic E-state index is 14.3. The van der Waals surface area contributed by atoms with Crippen molar-refractivity contribution in [3.63, 3.8) is 0 Å². The smallest absolute Gasteiger partial charge is 0.207 e. The molecule has 0 atom stereocenters. The zero-order valence-corrected chi connectivity index (χ0v) is 12.5. The van der Waals surface area contributed by atoms with Gasteiger partial charge in [0.2, 0.25) is 0 Å². The van der Waals surface area contributed by atoms with E-state index < -0.39 is 58.0 Å². The van der Waals surface area contributed by atoms with Gasteiger partial charge in [-0.3, -0.25) is 0 Å². The average molecular weight is 350 g/mol. The van der Waals surface area contributed by atoms with Crippen LogP contribution in [0.25, 0.3) is 0 Å². The van der Waals surface area contributed by atoms with Crippen LogP contribution in [0.5, 0.6) is 0 Å². The molecule has 0 aliphatic heterocycles. The van der Waals surface area contributed by atoms with E-state index in [1.807, 2.05) is 0 Å². The largest absolute Gasteiger partial charge is 0.264 e. The van der Waals surface area contributed by atoms with Crippen molar-refractivity contribution >= 4 is 23.1 Å². The summed E-state index contributed by atoms with van der Waals surface area (Å²) in [5.41, 5.74) is -2.51. The highest BCUT2D eigenvalue weighted by Gasteiger charge is 2.36. The summed E-state index contributed by atoms with van der Waals surface area (Å²) >= 11 is 0. The molecule has 126 valence electrons. The summed E-state index contributed by atoms with van der Waals surface area (Å²) in [5, 5.41) is 0. The van der Waals surface area contributed by atoms with Crippen LogP contribution in [0, 0.1) is 34.9 Å². The van der Waals surface area contributed by atoms with Crippen molar-refractivity contribution < 1.29 is 26.3 Å². The third-order valence-electron chi connectivity index (χ3n) is 3.87. The monoisotopic (exact) mass is 350 g/mol. The summed E-state index contributed by atoms with van der Waals surface area (Å²) in [6.45, 7) is -1.97. The Morgan fingerprint density at radius 2 is 0.600 bits per heavy atom. The Kier molecular flexibility index (Phi) is 4.57. The molecule has 0 saturated carbocycles. The summed E-state index contributed by atoms with van der Waals surface area (Å²) in [7, 11) is 0. The van der Waals surface area contributed by atoms with Crippen LogP contribution in [-0.2, 0) is 0 Å². The number of hydrogen-bond donors (Lipinski definition) is 0. The molecule has 0 aliphatic rings. The molecule has 3 aromatic rings. The molecule has 0 saturated heterocycles. The Bertz CT molecular complexity index is 758. The third kappa shape index (κ3) is 3.02. The second-order valence-electron chi connectivity index (χ2n) is 5.34. The quantitative estimate of drug-likeness (QED) is 0.503. The highest BCUT2D eigenvalue weighted by atomic mass is 19.2. The number of hydrogen-bond acceptors (Lipinski definition) is 0. The van der Waals surface area contributed by atoms with Crippen molar-refractivity contribution in [2.24, 2.45) is 0 Å². The lowest BCUT2D eigenvalue weighted by Crippen LogP contribution is -2.58. The molecule has 3 rings (SSSR count). The maximum atomic E-state index is 14.3. The van der Waals surface area contributed by atoms with E-state index in [2.05, 4.69) is 0 Å². The number of rotatable bonds is 3. The highest BCUT2D eigenvalue weighted by molar-refractivity contribution is 6.95. The van der Waals surface area contributed by atoms with Gasteiger partial charge >= 0.3 is 0 Å². The molecular formula is C18H9BF6. The van der Waals surface area contributed by atoms with Crippen LogP contribution in [0.2, 0.25) is 0 Å². The van der Waals surface area contributed by atoms with Gasteiger partial charge in [-0.25, -0.2) is 26.3 Å². The van der Waals surface area contributed by atoms with Crippen molar-refractivity contribution in [3.05, 3.63) is 89.5 Å². The summed E-state index contributed by atoms with van der Waals surface area (Å²) in [4.78, 5) is 0. The maximum Gasteiger partial charge on any atom is 0.264 e. The average Bonchev–Trinajstić information content (AvgIpc) is 2.53. The van der Waals surface area contributed by atoms with Crippen LogP contribution >= 0.6 is 0 Å². The molecule has 0 aromatic heterocycles. The molecule has 0 unspecified atom stereocenters. The zero-order chi connectivity index (χ0) is 18.1. The summed E-state index contributed by atoms with van der Waals surface area (Å²) in [5.74, 6) is -7.03. The molecular weight excluding hydrogens is 341 g/mol. The van der Waals surface area contributed by atoms with Crippen molar-refractivity contribution in [2.45, 2.75) is 0 Å². The lowest BCUT2D eigenvalue weighted by Gasteiger charge is -2.19. The van der Waals surface area contributed by atoms with Gasteiger partial charge in [0.15, 0.2) is 0 Å². The minimum atomic E-state index is -1.97. The first-order valence-corrected chi connectivity index (χ1v) is 7.23. The van der Waals surface area contributed by atoms with Crippen LogP contribution in [0.4, 0.5) is 26.3 Å². The van der Waals surface area contributed by atoms with Crippen molar-refractivity contribution in [3.8, 4) is 0 Å².